The largest absolute Gasteiger partial charge is 0.493 e. The number of halogens is 1. The summed E-state index contributed by atoms with van der Waals surface area (Å²) in [7, 11) is 1.60. The number of rotatable bonds is 6. The molecule has 0 saturated carbocycles. The van der Waals surface area contributed by atoms with Crippen molar-refractivity contribution < 1.29 is 19.0 Å². The third-order valence-electron chi connectivity index (χ3n) is 3.18. The fourth-order valence-corrected chi connectivity index (χ4v) is 2.07. The summed E-state index contributed by atoms with van der Waals surface area (Å²) in [6, 6.07) is 7.43. The van der Waals surface area contributed by atoms with E-state index in [1.54, 1.807) is 7.11 Å². The van der Waals surface area contributed by atoms with Crippen molar-refractivity contribution in [1.29, 1.82) is 0 Å². The molecule has 1 aliphatic heterocycles. The van der Waals surface area contributed by atoms with Gasteiger partial charge in [-0.1, -0.05) is 12.1 Å². The molecule has 2 atom stereocenters. The number of hydrogen-bond acceptors (Lipinski definition) is 5. The Morgan fingerprint density at radius 1 is 1.45 bits per heavy atom. The highest BCUT2D eigenvalue weighted by atomic mass is 35.5. The van der Waals surface area contributed by atoms with Crippen molar-refractivity contribution in [3.05, 3.63) is 24.3 Å². The summed E-state index contributed by atoms with van der Waals surface area (Å²) in [6.45, 7) is 4.21. The molecule has 1 aromatic rings. The lowest BCUT2D eigenvalue weighted by atomic mass is 10.2. The quantitative estimate of drug-likeness (QED) is 0.814. The van der Waals surface area contributed by atoms with Gasteiger partial charge in [-0.2, -0.15) is 0 Å². The Morgan fingerprint density at radius 3 is 2.82 bits per heavy atom. The van der Waals surface area contributed by atoms with E-state index in [9.17, 15) is 4.79 Å². The van der Waals surface area contributed by atoms with Crippen molar-refractivity contribution in [3.8, 4) is 11.5 Å². The molecule has 1 saturated heterocycles. The van der Waals surface area contributed by atoms with E-state index in [1.807, 2.05) is 31.2 Å². The normalized spacial score (nSPS) is 18.7. The van der Waals surface area contributed by atoms with Crippen LogP contribution in [-0.4, -0.2) is 51.5 Å². The standard InChI is InChI=1S/C15H22N2O4.ClH/c1-11(21-13-6-4-3-5-12(13)19-2)9-17-15(18)14-10-16-7-8-20-14;/h3-6,11,14,16H,7-10H2,1-2H3,(H,17,18);1H. The van der Waals surface area contributed by atoms with Crippen LogP contribution in [-0.2, 0) is 9.53 Å². The van der Waals surface area contributed by atoms with Crippen LogP contribution in [0.4, 0.5) is 0 Å². The van der Waals surface area contributed by atoms with E-state index in [0.717, 1.165) is 6.54 Å². The molecule has 2 unspecified atom stereocenters. The highest BCUT2D eigenvalue weighted by Gasteiger charge is 2.22. The third kappa shape index (κ3) is 5.36. The molecular formula is C15H23ClN2O4. The molecule has 1 heterocycles. The molecular weight excluding hydrogens is 308 g/mol. The summed E-state index contributed by atoms with van der Waals surface area (Å²) < 4.78 is 16.4. The molecule has 2 rings (SSSR count). The molecule has 1 amide bonds. The van der Waals surface area contributed by atoms with Crippen molar-refractivity contribution in [1.82, 2.24) is 10.6 Å². The van der Waals surface area contributed by atoms with Crippen LogP contribution in [0.2, 0.25) is 0 Å². The average Bonchev–Trinajstić information content (AvgIpc) is 2.54. The predicted octanol–water partition coefficient (Wildman–Crippen LogP) is 0.989. The van der Waals surface area contributed by atoms with Crippen molar-refractivity contribution >= 4 is 18.3 Å². The second kappa shape index (κ2) is 9.50. The highest BCUT2D eigenvalue weighted by molar-refractivity contribution is 5.85. The summed E-state index contributed by atoms with van der Waals surface area (Å²) in [4.78, 5) is 11.9. The van der Waals surface area contributed by atoms with Gasteiger partial charge < -0.3 is 24.8 Å². The van der Waals surface area contributed by atoms with Gasteiger partial charge in [-0.3, -0.25) is 4.79 Å². The Hall–Kier alpha value is -1.50. The van der Waals surface area contributed by atoms with E-state index in [2.05, 4.69) is 10.6 Å². The molecule has 22 heavy (non-hydrogen) atoms. The van der Waals surface area contributed by atoms with Crippen molar-refractivity contribution in [2.45, 2.75) is 19.1 Å². The number of hydrogen-bond donors (Lipinski definition) is 2. The van der Waals surface area contributed by atoms with Crippen molar-refractivity contribution in [2.24, 2.45) is 0 Å². The summed E-state index contributed by atoms with van der Waals surface area (Å²) in [6.07, 6.45) is -0.584. The topological polar surface area (TPSA) is 68.8 Å². The maximum absolute atomic E-state index is 11.9. The van der Waals surface area contributed by atoms with E-state index in [4.69, 9.17) is 14.2 Å². The van der Waals surface area contributed by atoms with Gasteiger partial charge >= 0.3 is 0 Å². The Bertz CT molecular complexity index is 467. The number of morpholine rings is 1. The van der Waals surface area contributed by atoms with E-state index in [0.29, 0.717) is 31.2 Å². The van der Waals surface area contributed by atoms with Gasteiger partial charge in [0.05, 0.1) is 20.3 Å². The van der Waals surface area contributed by atoms with Gasteiger partial charge in [0.1, 0.15) is 12.2 Å². The first-order chi connectivity index (χ1) is 10.2. The lowest BCUT2D eigenvalue weighted by Crippen LogP contribution is -2.49. The fourth-order valence-electron chi connectivity index (χ4n) is 2.07. The van der Waals surface area contributed by atoms with Gasteiger partial charge in [0.25, 0.3) is 5.91 Å². The van der Waals surface area contributed by atoms with Crippen LogP contribution in [0.3, 0.4) is 0 Å². The number of para-hydroxylation sites is 2. The summed E-state index contributed by atoms with van der Waals surface area (Å²) in [5.41, 5.74) is 0. The summed E-state index contributed by atoms with van der Waals surface area (Å²) in [5.74, 6) is 1.23. The Labute approximate surface area is 136 Å². The second-order valence-electron chi connectivity index (χ2n) is 4.89. The second-order valence-corrected chi connectivity index (χ2v) is 4.89. The fraction of sp³-hybridized carbons (Fsp3) is 0.533. The van der Waals surface area contributed by atoms with Crippen LogP contribution >= 0.6 is 12.4 Å². The monoisotopic (exact) mass is 330 g/mol. The van der Waals surface area contributed by atoms with E-state index < -0.39 is 6.10 Å². The van der Waals surface area contributed by atoms with Crippen LogP contribution in [0, 0.1) is 0 Å². The molecule has 0 aromatic heterocycles. The highest BCUT2D eigenvalue weighted by Crippen LogP contribution is 2.26. The van der Waals surface area contributed by atoms with Gasteiger partial charge in [0.2, 0.25) is 0 Å². The smallest absolute Gasteiger partial charge is 0.250 e. The zero-order valence-electron chi connectivity index (χ0n) is 12.8. The molecule has 1 aromatic carbocycles. The zero-order chi connectivity index (χ0) is 15.1. The first kappa shape index (κ1) is 18.5. The summed E-state index contributed by atoms with van der Waals surface area (Å²) in [5, 5.41) is 5.96. The zero-order valence-corrected chi connectivity index (χ0v) is 13.7. The molecule has 1 aliphatic rings. The molecule has 7 heteroatoms. The van der Waals surface area contributed by atoms with Crippen LogP contribution < -0.4 is 20.1 Å². The van der Waals surface area contributed by atoms with Crippen LogP contribution in [0.15, 0.2) is 24.3 Å². The lowest BCUT2D eigenvalue weighted by Gasteiger charge is -2.24. The summed E-state index contributed by atoms with van der Waals surface area (Å²) >= 11 is 0. The average molecular weight is 331 g/mol. The minimum atomic E-state index is -0.419. The van der Waals surface area contributed by atoms with E-state index >= 15 is 0 Å². The number of methoxy groups -OCH3 is 1. The lowest BCUT2D eigenvalue weighted by molar-refractivity contribution is -0.134. The molecule has 0 spiro atoms. The molecule has 0 bridgehead atoms. The van der Waals surface area contributed by atoms with Gasteiger partial charge in [-0.15, -0.1) is 12.4 Å². The van der Waals surface area contributed by atoms with Crippen molar-refractivity contribution in [3.63, 3.8) is 0 Å². The van der Waals surface area contributed by atoms with E-state index in [1.165, 1.54) is 0 Å². The molecule has 0 radical (unpaired) electrons. The minimum absolute atomic E-state index is 0. The van der Waals surface area contributed by atoms with Gasteiger partial charge in [-0.25, -0.2) is 0 Å². The van der Waals surface area contributed by atoms with Gasteiger partial charge in [0.15, 0.2) is 11.5 Å². The molecule has 1 fully saturated rings. The SMILES string of the molecule is COc1ccccc1OC(C)CNC(=O)C1CNCCO1.Cl. The number of ether oxygens (including phenoxy) is 3. The molecule has 2 N–H and O–H groups in total. The number of carbonyl (C=O) groups is 1. The van der Waals surface area contributed by atoms with Gasteiger partial charge in [-0.05, 0) is 19.1 Å². The first-order valence-corrected chi connectivity index (χ1v) is 7.10. The Kier molecular flexibility index (Phi) is 8.01. The third-order valence-corrected chi connectivity index (χ3v) is 3.18. The van der Waals surface area contributed by atoms with Crippen molar-refractivity contribution in [2.75, 3.05) is 33.4 Å². The first-order valence-electron chi connectivity index (χ1n) is 7.10. The molecule has 124 valence electrons. The van der Waals surface area contributed by atoms with Gasteiger partial charge in [0, 0.05) is 13.1 Å². The minimum Gasteiger partial charge on any atom is -0.493 e. The Balaban J connectivity index is 0.00000242. The molecule has 0 aliphatic carbocycles. The number of carbonyl (C=O) groups excluding carboxylic acids is 1. The maximum atomic E-state index is 11.9. The Morgan fingerprint density at radius 2 is 2.18 bits per heavy atom. The number of nitrogens with one attached hydrogen (secondary N) is 2. The van der Waals surface area contributed by atoms with Crippen LogP contribution in [0.5, 0.6) is 11.5 Å². The van der Waals surface area contributed by atoms with E-state index in [-0.39, 0.29) is 24.4 Å². The molecule has 6 nitrogen and oxygen atoms in total. The number of amides is 1. The van der Waals surface area contributed by atoms with Crippen LogP contribution in [0.25, 0.3) is 0 Å². The maximum Gasteiger partial charge on any atom is 0.250 e. The predicted molar refractivity (Wildman–Crippen MR) is 86.0 cm³/mol. The van der Waals surface area contributed by atoms with Crippen LogP contribution in [0.1, 0.15) is 6.92 Å². The number of benzene rings is 1.